The summed E-state index contributed by atoms with van der Waals surface area (Å²) in [6.07, 6.45) is 3.44. The number of esters is 1. The highest BCUT2D eigenvalue weighted by Crippen LogP contribution is 2.43. The Balaban J connectivity index is 1.43. The summed E-state index contributed by atoms with van der Waals surface area (Å²) in [5.74, 6) is -0.154. The Kier molecular flexibility index (Phi) is 5.29. The Morgan fingerprint density at radius 2 is 1.48 bits per heavy atom. The molecule has 7 nitrogen and oxygen atoms in total. The number of ether oxygens (including phenoxy) is 6. The maximum Gasteiger partial charge on any atom is 0.312 e. The van der Waals surface area contributed by atoms with E-state index in [9.17, 15) is 4.79 Å². The van der Waals surface area contributed by atoms with Crippen LogP contribution in [0.5, 0.6) is 0 Å². The van der Waals surface area contributed by atoms with Gasteiger partial charge in [0.05, 0.1) is 56.8 Å². The molecule has 0 amide bonds. The number of carbonyl (C=O) groups excluding carboxylic acids is 1. The SMILES string of the molecule is CCC(CC(CC1CO1)(CC1CO1)C(=O)OCC1CO1)OCC1CO1. The van der Waals surface area contributed by atoms with E-state index in [0.717, 1.165) is 26.2 Å². The minimum Gasteiger partial charge on any atom is -0.462 e. The van der Waals surface area contributed by atoms with Crippen molar-refractivity contribution in [2.45, 2.75) is 63.1 Å². The fourth-order valence-corrected chi connectivity index (χ4v) is 3.39. The standard InChI is InChI=1S/C18H28O7/c1-2-12(20-8-15-9-23-15)3-18(4-13-6-21-13,5-14-7-22-14)17(19)25-11-16-10-24-16/h12-16H,2-11H2,1H3. The van der Waals surface area contributed by atoms with Crippen molar-refractivity contribution in [1.29, 1.82) is 0 Å². The lowest BCUT2D eigenvalue weighted by Gasteiger charge is -2.34. The summed E-state index contributed by atoms with van der Waals surface area (Å²) < 4.78 is 32.9. The highest BCUT2D eigenvalue weighted by Gasteiger charge is 2.50. The van der Waals surface area contributed by atoms with Gasteiger partial charge in [0.15, 0.2) is 0 Å². The summed E-state index contributed by atoms with van der Waals surface area (Å²) >= 11 is 0. The average molecular weight is 356 g/mol. The molecule has 0 aliphatic carbocycles. The van der Waals surface area contributed by atoms with Crippen LogP contribution < -0.4 is 0 Å². The topological polar surface area (TPSA) is 85.7 Å². The van der Waals surface area contributed by atoms with Crippen LogP contribution in [0.1, 0.15) is 32.6 Å². The van der Waals surface area contributed by atoms with Gasteiger partial charge in [-0.1, -0.05) is 6.92 Å². The van der Waals surface area contributed by atoms with Crippen LogP contribution in [0.15, 0.2) is 0 Å². The molecule has 0 saturated carbocycles. The van der Waals surface area contributed by atoms with Crippen molar-refractivity contribution in [2.75, 3.05) is 39.6 Å². The molecule has 0 spiro atoms. The molecule has 142 valence electrons. The van der Waals surface area contributed by atoms with Gasteiger partial charge < -0.3 is 28.4 Å². The lowest BCUT2D eigenvalue weighted by atomic mass is 9.74. The molecule has 7 heteroatoms. The van der Waals surface area contributed by atoms with Gasteiger partial charge in [-0.05, 0) is 25.7 Å². The predicted molar refractivity (Wildman–Crippen MR) is 86.2 cm³/mol. The molecule has 0 aromatic rings. The molecule has 0 aromatic heterocycles. The zero-order valence-corrected chi connectivity index (χ0v) is 14.8. The number of hydrogen-bond donors (Lipinski definition) is 0. The van der Waals surface area contributed by atoms with Gasteiger partial charge in [0.25, 0.3) is 0 Å². The third-order valence-corrected chi connectivity index (χ3v) is 5.27. The van der Waals surface area contributed by atoms with E-state index in [2.05, 4.69) is 6.92 Å². The van der Waals surface area contributed by atoms with Crippen LogP contribution in [-0.4, -0.2) is 76.1 Å². The lowest BCUT2D eigenvalue weighted by Crippen LogP contribution is -2.40. The number of carbonyl (C=O) groups is 1. The molecule has 5 unspecified atom stereocenters. The largest absolute Gasteiger partial charge is 0.462 e. The van der Waals surface area contributed by atoms with Gasteiger partial charge in [-0.25, -0.2) is 0 Å². The minimum atomic E-state index is -0.609. The van der Waals surface area contributed by atoms with Crippen LogP contribution in [0.25, 0.3) is 0 Å². The molecule has 0 aromatic carbocycles. The van der Waals surface area contributed by atoms with Crippen LogP contribution in [0.2, 0.25) is 0 Å². The molecule has 5 atom stereocenters. The minimum absolute atomic E-state index is 0.00595. The van der Waals surface area contributed by atoms with E-state index < -0.39 is 5.41 Å². The van der Waals surface area contributed by atoms with E-state index in [0.29, 0.717) is 39.1 Å². The van der Waals surface area contributed by atoms with Crippen LogP contribution in [0, 0.1) is 5.41 Å². The monoisotopic (exact) mass is 356 g/mol. The summed E-state index contributed by atoms with van der Waals surface area (Å²) in [5, 5.41) is 0. The third-order valence-electron chi connectivity index (χ3n) is 5.27. The van der Waals surface area contributed by atoms with Crippen LogP contribution in [-0.2, 0) is 33.2 Å². The van der Waals surface area contributed by atoms with E-state index in [1.807, 2.05) is 0 Å². The molecular weight excluding hydrogens is 328 g/mol. The van der Waals surface area contributed by atoms with E-state index in [4.69, 9.17) is 28.4 Å². The lowest BCUT2D eigenvalue weighted by molar-refractivity contribution is -0.161. The average Bonchev–Trinajstić information content (AvgIpc) is 3.47. The molecule has 0 bridgehead atoms. The van der Waals surface area contributed by atoms with Crippen molar-refractivity contribution in [1.82, 2.24) is 0 Å². The zero-order valence-electron chi connectivity index (χ0n) is 14.8. The molecule has 4 heterocycles. The second-order valence-electron chi connectivity index (χ2n) is 7.68. The molecule has 25 heavy (non-hydrogen) atoms. The Bertz CT molecular complexity index is 452. The maximum atomic E-state index is 13.1. The van der Waals surface area contributed by atoms with Crippen molar-refractivity contribution >= 4 is 5.97 Å². The van der Waals surface area contributed by atoms with Crippen molar-refractivity contribution in [3.8, 4) is 0 Å². The van der Waals surface area contributed by atoms with E-state index in [1.54, 1.807) is 0 Å². The van der Waals surface area contributed by atoms with Gasteiger partial charge in [0.1, 0.15) is 18.8 Å². The Labute approximate surface area is 148 Å². The second kappa shape index (κ2) is 7.48. The van der Waals surface area contributed by atoms with Crippen LogP contribution in [0.3, 0.4) is 0 Å². The van der Waals surface area contributed by atoms with Gasteiger partial charge in [-0.3, -0.25) is 4.79 Å². The predicted octanol–water partition coefficient (Wildman–Crippen LogP) is 1.08. The second-order valence-corrected chi connectivity index (χ2v) is 7.68. The quantitative estimate of drug-likeness (QED) is 0.360. The highest BCUT2D eigenvalue weighted by atomic mass is 16.6. The first-order chi connectivity index (χ1) is 12.2. The van der Waals surface area contributed by atoms with Gasteiger partial charge >= 0.3 is 5.97 Å². The summed E-state index contributed by atoms with van der Waals surface area (Å²) in [6.45, 7) is 5.93. The Morgan fingerprint density at radius 3 is 1.96 bits per heavy atom. The zero-order chi connectivity index (χ0) is 17.3. The van der Waals surface area contributed by atoms with Crippen molar-refractivity contribution < 1.29 is 33.2 Å². The van der Waals surface area contributed by atoms with E-state index in [1.165, 1.54) is 0 Å². The smallest absolute Gasteiger partial charge is 0.312 e. The number of hydrogen-bond acceptors (Lipinski definition) is 7. The highest BCUT2D eigenvalue weighted by molar-refractivity contribution is 5.77. The number of epoxide rings is 4. The Morgan fingerprint density at radius 1 is 0.960 bits per heavy atom. The van der Waals surface area contributed by atoms with Crippen molar-refractivity contribution in [3.63, 3.8) is 0 Å². The third kappa shape index (κ3) is 5.37. The van der Waals surface area contributed by atoms with Gasteiger partial charge in [-0.2, -0.15) is 0 Å². The van der Waals surface area contributed by atoms with Crippen molar-refractivity contribution in [3.05, 3.63) is 0 Å². The summed E-state index contributed by atoms with van der Waals surface area (Å²) in [4.78, 5) is 13.1. The molecule has 0 radical (unpaired) electrons. The van der Waals surface area contributed by atoms with E-state index >= 15 is 0 Å². The van der Waals surface area contributed by atoms with Gasteiger partial charge in [0.2, 0.25) is 0 Å². The molecule has 4 saturated heterocycles. The fourth-order valence-electron chi connectivity index (χ4n) is 3.39. The van der Waals surface area contributed by atoms with E-state index in [-0.39, 0.29) is 36.5 Å². The molecule has 4 rings (SSSR count). The van der Waals surface area contributed by atoms with Crippen LogP contribution >= 0.6 is 0 Å². The molecule has 4 fully saturated rings. The van der Waals surface area contributed by atoms with Crippen LogP contribution in [0.4, 0.5) is 0 Å². The Hall–Kier alpha value is -0.730. The fraction of sp³-hybridized carbons (Fsp3) is 0.944. The summed E-state index contributed by atoms with van der Waals surface area (Å²) in [7, 11) is 0. The maximum absolute atomic E-state index is 13.1. The normalized spacial score (nSPS) is 35.6. The van der Waals surface area contributed by atoms with Gasteiger partial charge in [0, 0.05) is 0 Å². The first-order valence-electron chi connectivity index (χ1n) is 9.42. The summed E-state index contributed by atoms with van der Waals surface area (Å²) in [6, 6.07) is 0. The first kappa shape index (κ1) is 17.7. The van der Waals surface area contributed by atoms with Crippen molar-refractivity contribution in [2.24, 2.45) is 5.41 Å². The number of rotatable bonds is 13. The summed E-state index contributed by atoms with van der Waals surface area (Å²) in [5.41, 5.74) is -0.609. The molecule has 4 aliphatic rings. The first-order valence-corrected chi connectivity index (χ1v) is 9.42. The van der Waals surface area contributed by atoms with Gasteiger partial charge in [-0.15, -0.1) is 0 Å². The molecule has 0 N–H and O–H groups in total. The molecule has 4 aliphatic heterocycles. The molecular formula is C18H28O7.